The maximum atomic E-state index is 6.55. The highest BCUT2D eigenvalue weighted by molar-refractivity contribution is 7.26. The van der Waals surface area contributed by atoms with Crippen LogP contribution in [0, 0.1) is 0 Å². The molecular weight excluding hydrogens is 789 g/mol. The highest BCUT2D eigenvalue weighted by atomic mass is 32.1. The molecule has 0 atom stereocenters. The quantitative estimate of drug-likeness (QED) is 0.168. The average Bonchev–Trinajstić information content (AvgIpc) is 4.03. The molecule has 0 aliphatic carbocycles. The highest BCUT2D eigenvalue weighted by Crippen LogP contribution is 2.43. The zero-order valence-corrected chi connectivity index (χ0v) is 34.6. The van der Waals surface area contributed by atoms with Crippen LogP contribution in [0.3, 0.4) is 0 Å². The van der Waals surface area contributed by atoms with Crippen LogP contribution in [0.15, 0.2) is 211 Å². The van der Waals surface area contributed by atoms with Crippen molar-refractivity contribution in [2.75, 3.05) is 0 Å². The first kappa shape index (κ1) is 35.6. The van der Waals surface area contributed by atoms with Gasteiger partial charge in [0.25, 0.3) is 0 Å². The summed E-state index contributed by atoms with van der Waals surface area (Å²) in [5, 5.41) is 6.99. The van der Waals surface area contributed by atoms with Gasteiger partial charge >= 0.3 is 0 Å². The molecule has 0 amide bonds. The number of rotatable bonds is 6. The summed E-state index contributed by atoms with van der Waals surface area (Å²) in [6.07, 6.45) is 0. The third-order valence-corrected chi connectivity index (χ3v) is 13.5. The number of fused-ring (bicyclic) bond motifs is 9. The normalized spacial score (nSPS) is 11.8. The van der Waals surface area contributed by atoms with Crippen molar-refractivity contribution < 1.29 is 4.42 Å². The number of furan rings is 1. The second kappa shape index (κ2) is 14.2. The lowest BCUT2D eigenvalue weighted by Crippen LogP contribution is -2.00. The van der Waals surface area contributed by atoms with E-state index >= 15 is 0 Å². The standard InChI is InChI=1S/C57H34N4OS/c1-4-14-35(15-5-1)55-58-56(36-16-6-2-7-17-36)60-57(59-55)44-23-13-24-51-53(44)47-33-38(28-31-50(47)62-51)37-26-29-48-45(32-37)46-34-39(27-30-49(46)61(48)40-18-8-3-9-19-40)41-21-12-22-43-42-20-10-11-25-52(42)63-54(41)43/h1-34H. The van der Waals surface area contributed by atoms with Gasteiger partial charge < -0.3 is 8.98 Å². The molecule has 0 unspecified atom stereocenters. The smallest absolute Gasteiger partial charge is 0.164 e. The zero-order chi connectivity index (χ0) is 41.4. The number of aromatic nitrogens is 4. The summed E-state index contributed by atoms with van der Waals surface area (Å²) in [5.41, 5.74) is 12.5. The van der Waals surface area contributed by atoms with Crippen LogP contribution in [-0.2, 0) is 0 Å². The Hall–Kier alpha value is -8.19. The molecule has 4 heterocycles. The number of hydrogen-bond donors (Lipinski definition) is 0. The van der Waals surface area contributed by atoms with Gasteiger partial charge in [0.1, 0.15) is 11.2 Å². The Morgan fingerprint density at radius 1 is 0.365 bits per heavy atom. The third-order valence-electron chi connectivity index (χ3n) is 12.3. The lowest BCUT2D eigenvalue weighted by atomic mass is 9.98. The molecule has 294 valence electrons. The third kappa shape index (κ3) is 5.80. The van der Waals surface area contributed by atoms with Gasteiger partial charge in [0, 0.05) is 64.1 Å². The summed E-state index contributed by atoms with van der Waals surface area (Å²) in [6, 6.07) is 72.8. The molecule has 63 heavy (non-hydrogen) atoms. The SMILES string of the molecule is c1ccc(-c2nc(-c3ccccc3)nc(-c3cccc4oc5ccc(-c6ccc7c(c6)c6cc(-c8cccc9c8sc8ccccc89)ccc6n7-c6ccccc6)cc5c34)n2)cc1. The van der Waals surface area contributed by atoms with E-state index in [4.69, 9.17) is 19.4 Å². The lowest BCUT2D eigenvalue weighted by molar-refractivity contribution is 0.669. The number of para-hydroxylation sites is 1. The number of thiophene rings is 1. The van der Waals surface area contributed by atoms with Gasteiger partial charge in [-0.15, -0.1) is 11.3 Å². The Bertz CT molecular complexity index is 3850. The van der Waals surface area contributed by atoms with E-state index < -0.39 is 0 Å². The molecule has 0 bridgehead atoms. The van der Waals surface area contributed by atoms with Crippen LogP contribution in [0.2, 0.25) is 0 Å². The molecule has 4 aromatic heterocycles. The molecule has 0 saturated carbocycles. The van der Waals surface area contributed by atoms with Crippen molar-refractivity contribution >= 4 is 75.3 Å². The fourth-order valence-corrected chi connectivity index (χ4v) is 10.6. The summed E-state index contributed by atoms with van der Waals surface area (Å²) in [4.78, 5) is 15.1. The van der Waals surface area contributed by atoms with Crippen molar-refractivity contribution in [3.05, 3.63) is 206 Å². The van der Waals surface area contributed by atoms with Crippen LogP contribution in [0.4, 0.5) is 0 Å². The van der Waals surface area contributed by atoms with Crippen LogP contribution < -0.4 is 0 Å². The van der Waals surface area contributed by atoms with E-state index in [0.29, 0.717) is 17.5 Å². The van der Waals surface area contributed by atoms with E-state index in [1.54, 1.807) is 0 Å². The van der Waals surface area contributed by atoms with Crippen molar-refractivity contribution in [3.63, 3.8) is 0 Å². The van der Waals surface area contributed by atoms with Gasteiger partial charge in [-0.1, -0.05) is 146 Å². The van der Waals surface area contributed by atoms with Gasteiger partial charge in [-0.3, -0.25) is 0 Å². The van der Waals surface area contributed by atoms with Crippen LogP contribution in [0.25, 0.3) is 126 Å². The van der Waals surface area contributed by atoms with Gasteiger partial charge in [0.05, 0.1) is 11.0 Å². The lowest BCUT2D eigenvalue weighted by Gasteiger charge is -2.09. The second-order valence-corrected chi connectivity index (χ2v) is 17.0. The molecule has 0 aliphatic heterocycles. The molecule has 0 spiro atoms. The summed E-state index contributed by atoms with van der Waals surface area (Å²) in [7, 11) is 0. The Morgan fingerprint density at radius 2 is 0.921 bits per heavy atom. The predicted molar refractivity (Wildman–Crippen MR) is 262 cm³/mol. The molecule has 0 aliphatic rings. The Morgan fingerprint density at radius 3 is 1.65 bits per heavy atom. The zero-order valence-electron chi connectivity index (χ0n) is 33.7. The van der Waals surface area contributed by atoms with Gasteiger partial charge in [0.15, 0.2) is 17.5 Å². The van der Waals surface area contributed by atoms with Crippen molar-refractivity contribution in [2.45, 2.75) is 0 Å². The van der Waals surface area contributed by atoms with Crippen molar-refractivity contribution in [2.24, 2.45) is 0 Å². The molecule has 0 fully saturated rings. The Kier molecular flexibility index (Phi) is 8.01. The predicted octanol–water partition coefficient (Wildman–Crippen LogP) is 15.6. The Balaban J connectivity index is 0.995. The average molecular weight is 823 g/mol. The van der Waals surface area contributed by atoms with E-state index in [9.17, 15) is 0 Å². The van der Waals surface area contributed by atoms with E-state index in [1.807, 2.05) is 84.1 Å². The maximum Gasteiger partial charge on any atom is 0.164 e. The molecule has 5 nitrogen and oxygen atoms in total. The first-order chi connectivity index (χ1) is 31.2. The van der Waals surface area contributed by atoms with Crippen LogP contribution in [-0.4, -0.2) is 19.5 Å². The van der Waals surface area contributed by atoms with E-state index in [1.165, 1.54) is 47.6 Å². The summed E-state index contributed by atoms with van der Waals surface area (Å²) < 4.78 is 11.6. The molecule has 13 rings (SSSR count). The molecule has 0 N–H and O–H groups in total. The second-order valence-electron chi connectivity index (χ2n) is 15.9. The fourth-order valence-electron chi connectivity index (χ4n) is 9.32. The van der Waals surface area contributed by atoms with E-state index in [2.05, 4.69) is 138 Å². The molecule has 0 saturated heterocycles. The van der Waals surface area contributed by atoms with Crippen molar-refractivity contribution in [1.29, 1.82) is 0 Å². The number of benzene rings is 9. The van der Waals surface area contributed by atoms with Crippen molar-refractivity contribution in [3.8, 4) is 62.1 Å². The largest absolute Gasteiger partial charge is 0.456 e. The minimum absolute atomic E-state index is 0.596. The van der Waals surface area contributed by atoms with Gasteiger partial charge in [-0.05, 0) is 82.9 Å². The van der Waals surface area contributed by atoms with Gasteiger partial charge in [-0.25, -0.2) is 15.0 Å². The van der Waals surface area contributed by atoms with Crippen LogP contribution >= 0.6 is 11.3 Å². The van der Waals surface area contributed by atoms with Gasteiger partial charge in [0.2, 0.25) is 0 Å². The molecule has 13 aromatic rings. The highest BCUT2D eigenvalue weighted by Gasteiger charge is 2.20. The van der Waals surface area contributed by atoms with E-state index in [0.717, 1.165) is 61.0 Å². The monoisotopic (exact) mass is 822 g/mol. The minimum atomic E-state index is 0.596. The topological polar surface area (TPSA) is 56.7 Å². The first-order valence-electron chi connectivity index (χ1n) is 21.1. The molecule has 0 radical (unpaired) electrons. The summed E-state index contributed by atoms with van der Waals surface area (Å²) in [6.45, 7) is 0. The van der Waals surface area contributed by atoms with Crippen molar-refractivity contribution in [1.82, 2.24) is 19.5 Å². The number of hydrogen-bond acceptors (Lipinski definition) is 5. The van der Waals surface area contributed by atoms with Gasteiger partial charge in [-0.2, -0.15) is 0 Å². The Labute approximate surface area is 365 Å². The van der Waals surface area contributed by atoms with Crippen LogP contribution in [0.1, 0.15) is 0 Å². The maximum absolute atomic E-state index is 6.55. The fraction of sp³-hybridized carbons (Fsp3) is 0. The summed E-state index contributed by atoms with van der Waals surface area (Å²) >= 11 is 1.87. The minimum Gasteiger partial charge on any atom is -0.456 e. The molecule has 6 heteroatoms. The first-order valence-corrected chi connectivity index (χ1v) is 21.9. The number of nitrogens with zero attached hydrogens (tertiary/aromatic N) is 4. The molecule has 9 aromatic carbocycles. The van der Waals surface area contributed by atoms with Crippen LogP contribution in [0.5, 0.6) is 0 Å². The summed E-state index contributed by atoms with van der Waals surface area (Å²) in [5.74, 6) is 1.84. The van der Waals surface area contributed by atoms with E-state index in [-0.39, 0.29) is 0 Å². The molecular formula is C57H34N4OS.